The van der Waals surface area contributed by atoms with Crippen LogP contribution in [0.3, 0.4) is 0 Å². The van der Waals surface area contributed by atoms with Gasteiger partial charge in [0.2, 0.25) is 5.82 Å². The summed E-state index contributed by atoms with van der Waals surface area (Å²) in [5.74, 6) is -1.29. The van der Waals surface area contributed by atoms with E-state index in [-0.39, 0.29) is 18.0 Å². The first-order valence-electron chi connectivity index (χ1n) is 6.21. The maximum atomic E-state index is 13.1. The molecular formula is C13H16F3N3O. The van der Waals surface area contributed by atoms with Gasteiger partial charge in [-0.05, 0) is 31.0 Å². The van der Waals surface area contributed by atoms with Gasteiger partial charge in [0, 0.05) is 18.3 Å². The highest BCUT2D eigenvalue weighted by atomic mass is 19.4. The maximum Gasteiger partial charge on any atom is 0.449 e. The highest BCUT2D eigenvalue weighted by molar-refractivity contribution is 5.80. The second-order valence-corrected chi connectivity index (χ2v) is 4.95. The third-order valence-electron chi connectivity index (χ3n) is 3.49. The lowest BCUT2D eigenvalue weighted by atomic mass is 10.0. The molecule has 0 aliphatic heterocycles. The number of aliphatic hydroxyl groups is 1. The number of aromatic nitrogens is 2. The van der Waals surface area contributed by atoms with E-state index >= 15 is 0 Å². The van der Waals surface area contributed by atoms with Gasteiger partial charge in [0.1, 0.15) is 0 Å². The lowest BCUT2D eigenvalue weighted by Gasteiger charge is -2.23. The first-order chi connectivity index (χ1) is 9.25. The number of fused-ring (bicyclic) bond motifs is 1. The summed E-state index contributed by atoms with van der Waals surface area (Å²) in [4.78, 5) is 3.66. The number of nitrogens with zero attached hydrogens (tertiary/aromatic N) is 2. The van der Waals surface area contributed by atoms with Crippen LogP contribution in [0.2, 0.25) is 0 Å². The van der Waals surface area contributed by atoms with Crippen LogP contribution in [0.15, 0.2) is 18.2 Å². The Hall–Kier alpha value is -1.76. The number of imidazole rings is 1. The molecule has 7 heteroatoms. The van der Waals surface area contributed by atoms with Crippen molar-refractivity contribution >= 4 is 16.7 Å². The molecule has 0 aliphatic rings. The first-order valence-corrected chi connectivity index (χ1v) is 6.21. The van der Waals surface area contributed by atoms with Crippen molar-refractivity contribution in [3.05, 3.63) is 24.0 Å². The van der Waals surface area contributed by atoms with E-state index in [4.69, 9.17) is 5.73 Å². The van der Waals surface area contributed by atoms with Crippen LogP contribution in [-0.2, 0) is 6.18 Å². The zero-order valence-corrected chi connectivity index (χ0v) is 11.1. The predicted molar refractivity (Wildman–Crippen MR) is 70.1 cm³/mol. The molecule has 1 heterocycles. The third kappa shape index (κ3) is 2.45. The van der Waals surface area contributed by atoms with Crippen LogP contribution >= 0.6 is 0 Å². The minimum atomic E-state index is -4.56. The molecule has 0 amide bonds. The van der Waals surface area contributed by atoms with Crippen LogP contribution in [-0.4, -0.2) is 21.3 Å². The van der Waals surface area contributed by atoms with Gasteiger partial charge in [-0.25, -0.2) is 4.98 Å². The molecule has 0 aliphatic carbocycles. The molecule has 0 spiro atoms. The Balaban J connectivity index is 2.71. The van der Waals surface area contributed by atoms with Gasteiger partial charge < -0.3 is 15.4 Å². The van der Waals surface area contributed by atoms with Crippen molar-refractivity contribution in [2.45, 2.75) is 26.1 Å². The Bertz CT molecular complexity index is 621. The molecule has 2 unspecified atom stereocenters. The number of hydrogen-bond acceptors (Lipinski definition) is 3. The Morgan fingerprint density at radius 1 is 1.35 bits per heavy atom. The molecule has 4 nitrogen and oxygen atoms in total. The Morgan fingerprint density at radius 3 is 2.55 bits per heavy atom. The van der Waals surface area contributed by atoms with Crippen LogP contribution in [0.25, 0.3) is 11.0 Å². The molecule has 0 saturated carbocycles. The molecule has 20 heavy (non-hydrogen) atoms. The molecule has 1 aromatic carbocycles. The van der Waals surface area contributed by atoms with Crippen LogP contribution in [0.4, 0.5) is 18.9 Å². The minimum Gasteiger partial charge on any atom is -0.399 e. The van der Waals surface area contributed by atoms with Gasteiger partial charge in [-0.1, -0.05) is 6.92 Å². The van der Waals surface area contributed by atoms with Gasteiger partial charge in [-0.15, -0.1) is 0 Å². The number of halogens is 3. The van der Waals surface area contributed by atoms with Crippen molar-refractivity contribution in [2.24, 2.45) is 5.92 Å². The van der Waals surface area contributed by atoms with E-state index in [1.807, 2.05) is 0 Å². The zero-order chi connectivity index (χ0) is 15.1. The maximum absolute atomic E-state index is 13.1. The average Bonchev–Trinajstić information content (AvgIpc) is 2.75. The van der Waals surface area contributed by atoms with Gasteiger partial charge >= 0.3 is 6.18 Å². The van der Waals surface area contributed by atoms with Gasteiger partial charge in [0.05, 0.1) is 11.0 Å². The number of rotatable bonds is 3. The van der Waals surface area contributed by atoms with Crippen LogP contribution in [0.5, 0.6) is 0 Å². The summed E-state index contributed by atoms with van der Waals surface area (Å²) in [5, 5.41) is 9.18. The Morgan fingerprint density at radius 2 is 2.00 bits per heavy atom. The summed E-state index contributed by atoms with van der Waals surface area (Å²) in [6.07, 6.45) is -4.56. The molecule has 0 saturated heterocycles. The van der Waals surface area contributed by atoms with E-state index in [0.717, 1.165) is 4.57 Å². The highest BCUT2D eigenvalue weighted by Gasteiger charge is 2.39. The summed E-state index contributed by atoms with van der Waals surface area (Å²) in [5.41, 5.74) is 6.51. The lowest BCUT2D eigenvalue weighted by Crippen LogP contribution is -2.23. The van der Waals surface area contributed by atoms with Crippen molar-refractivity contribution in [1.82, 2.24) is 9.55 Å². The standard InChI is InChI=1S/C13H16F3N3O/c1-7(6-20)8(2)19-11-4-3-9(17)5-10(11)18-12(19)13(14,15)16/h3-5,7-8,20H,6,17H2,1-2H3. The van der Waals surface area contributed by atoms with Crippen LogP contribution in [0.1, 0.15) is 25.7 Å². The molecule has 1 aromatic heterocycles. The molecule has 3 N–H and O–H groups in total. The monoisotopic (exact) mass is 287 g/mol. The van der Waals surface area contributed by atoms with Crippen molar-refractivity contribution < 1.29 is 18.3 Å². The molecule has 110 valence electrons. The number of benzene rings is 1. The quantitative estimate of drug-likeness (QED) is 0.853. The molecule has 2 aromatic rings. The fraction of sp³-hybridized carbons (Fsp3) is 0.462. The minimum absolute atomic E-state index is 0.201. The largest absolute Gasteiger partial charge is 0.449 e. The predicted octanol–water partition coefficient (Wildman–Crippen LogP) is 2.83. The van der Waals surface area contributed by atoms with E-state index in [2.05, 4.69) is 4.98 Å². The molecule has 0 radical (unpaired) electrons. The van der Waals surface area contributed by atoms with Crippen molar-refractivity contribution in [3.63, 3.8) is 0 Å². The van der Waals surface area contributed by atoms with E-state index in [0.29, 0.717) is 11.2 Å². The topological polar surface area (TPSA) is 64.1 Å². The summed E-state index contributed by atoms with van der Waals surface area (Å²) >= 11 is 0. The van der Waals surface area contributed by atoms with Crippen LogP contribution < -0.4 is 5.73 Å². The lowest BCUT2D eigenvalue weighted by molar-refractivity contribution is -0.147. The van der Waals surface area contributed by atoms with E-state index < -0.39 is 18.0 Å². The summed E-state index contributed by atoms with van der Waals surface area (Å²) in [6, 6.07) is 3.94. The second-order valence-electron chi connectivity index (χ2n) is 4.95. The number of hydrogen-bond donors (Lipinski definition) is 2. The van der Waals surface area contributed by atoms with E-state index in [1.165, 1.54) is 18.2 Å². The molecule has 2 rings (SSSR count). The van der Waals surface area contributed by atoms with Gasteiger partial charge in [0.25, 0.3) is 0 Å². The zero-order valence-electron chi connectivity index (χ0n) is 11.1. The SMILES string of the molecule is CC(CO)C(C)n1c(C(F)(F)F)nc2cc(N)ccc21. The molecule has 0 fully saturated rings. The Labute approximate surface area is 114 Å². The summed E-state index contributed by atoms with van der Waals surface area (Å²) in [6.45, 7) is 3.12. The van der Waals surface area contributed by atoms with Crippen molar-refractivity contribution in [1.29, 1.82) is 0 Å². The number of alkyl halides is 3. The molecule has 0 bridgehead atoms. The molecule has 2 atom stereocenters. The fourth-order valence-corrected chi connectivity index (χ4v) is 2.14. The number of nitrogen functional groups attached to an aromatic ring is 1. The Kier molecular flexibility index (Phi) is 3.64. The van der Waals surface area contributed by atoms with Crippen molar-refractivity contribution in [3.8, 4) is 0 Å². The summed E-state index contributed by atoms with van der Waals surface area (Å²) in [7, 11) is 0. The van der Waals surface area contributed by atoms with Crippen LogP contribution in [0, 0.1) is 5.92 Å². The summed E-state index contributed by atoms with van der Waals surface area (Å²) < 4.78 is 40.5. The van der Waals surface area contributed by atoms with Gasteiger partial charge in [-0.3, -0.25) is 0 Å². The van der Waals surface area contributed by atoms with Gasteiger partial charge in [0.15, 0.2) is 0 Å². The second kappa shape index (κ2) is 4.97. The van der Waals surface area contributed by atoms with E-state index in [1.54, 1.807) is 13.8 Å². The van der Waals surface area contributed by atoms with E-state index in [9.17, 15) is 18.3 Å². The number of anilines is 1. The normalized spacial score (nSPS) is 15.5. The number of aliphatic hydroxyl groups excluding tert-OH is 1. The third-order valence-corrected chi connectivity index (χ3v) is 3.49. The molecular weight excluding hydrogens is 271 g/mol. The first kappa shape index (κ1) is 14.6. The highest BCUT2D eigenvalue weighted by Crippen LogP contribution is 2.35. The van der Waals surface area contributed by atoms with Gasteiger partial charge in [-0.2, -0.15) is 13.2 Å². The average molecular weight is 287 g/mol. The number of nitrogens with two attached hydrogens (primary N) is 1. The smallest absolute Gasteiger partial charge is 0.399 e. The van der Waals surface area contributed by atoms with Crippen molar-refractivity contribution in [2.75, 3.05) is 12.3 Å². The fourth-order valence-electron chi connectivity index (χ4n) is 2.14.